The largest absolute Gasteiger partial charge is 0.388 e. The lowest BCUT2D eigenvalue weighted by molar-refractivity contribution is 0.165. The van der Waals surface area contributed by atoms with Crippen molar-refractivity contribution in [2.24, 2.45) is 0 Å². The van der Waals surface area contributed by atoms with E-state index in [1.54, 1.807) is 24.3 Å². The third-order valence-corrected chi connectivity index (χ3v) is 6.90. The Morgan fingerprint density at radius 1 is 1.00 bits per heavy atom. The zero-order valence-electron chi connectivity index (χ0n) is 10.9. The van der Waals surface area contributed by atoms with Gasteiger partial charge in [0.15, 0.2) is 4.33 Å². The van der Waals surface area contributed by atoms with Gasteiger partial charge in [-0.1, -0.05) is 119 Å². The molecule has 0 spiro atoms. The van der Waals surface area contributed by atoms with Crippen LogP contribution in [0.2, 0.25) is 0 Å². The fourth-order valence-corrected chi connectivity index (χ4v) is 3.40. The van der Waals surface area contributed by atoms with Gasteiger partial charge in [0.25, 0.3) is 0 Å². The zero-order chi connectivity index (χ0) is 16.5. The summed E-state index contributed by atoms with van der Waals surface area (Å²) in [7, 11) is 0. The summed E-state index contributed by atoms with van der Waals surface area (Å²) in [6, 6.07) is 6.68. The van der Waals surface area contributed by atoms with Crippen molar-refractivity contribution < 1.29 is 5.11 Å². The Bertz CT molecular complexity index is 482. The Balaban J connectivity index is 3.39. The summed E-state index contributed by atoms with van der Waals surface area (Å²) < 4.78 is -6.20. The second-order valence-corrected chi connectivity index (χ2v) is 9.47. The normalized spacial score (nSPS) is 15.1. The molecule has 21 heavy (non-hydrogen) atoms. The van der Waals surface area contributed by atoms with Crippen molar-refractivity contribution in [3.63, 3.8) is 0 Å². The molecule has 0 fully saturated rings. The van der Waals surface area contributed by atoms with Crippen molar-refractivity contribution in [3.05, 3.63) is 35.4 Å². The third-order valence-electron chi connectivity index (χ3n) is 2.97. The van der Waals surface area contributed by atoms with Gasteiger partial charge in [-0.25, -0.2) is 0 Å². The average molecular weight is 433 g/mol. The monoisotopic (exact) mass is 430 g/mol. The van der Waals surface area contributed by atoms with Crippen molar-refractivity contribution in [1.29, 1.82) is 0 Å². The van der Waals surface area contributed by atoms with Crippen molar-refractivity contribution >= 4 is 81.2 Å². The first-order valence-electron chi connectivity index (χ1n) is 6.06. The molecular formula is C13H13Cl7O. The summed E-state index contributed by atoms with van der Waals surface area (Å²) in [6.07, 6.45) is 0.513. The van der Waals surface area contributed by atoms with Gasteiger partial charge in [-0.15, -0.1) is 0 Å². The molecule has 0 amide bonds. The molecule has 0 heterocycles. The molecule has 8 heteroatoms. The molecular weight excluding hydrogens is 420 g/mol. The molecule has 0 aliphatic heterocycles. The van der Waals surface area contributed by atoms with Gasteiger partial charge in [-0.2, -0.15) is 0 Å². The molecule has 1 aromatic carbocycles. The van der Waals surface area contributed by atoms with Crippen molar-refractivity contribution in [1.82, 2.24) is 0 Å². The Morgan fingerprint density at radius 3 is 2.00 bits per heavy atom. The van der Waals surface area contributed by atoms with E-state index in [4.69, 9.17) is 81.2 Å². The molecule has 0 bridgehead atoms. The first-order chi connectivity index (χ1) is 9.46. The molecule has 1 unspecified atom stereocenters. The molecule has 0 saturated heterocycles. The summed E-state index contributed by atoms with van der Waals surface area (Å²) in [4.78, 5) is 0. The lowest BCUT2D eigenvalue weighted by Gasteiger charge is -2.39. The zero-order valence-corrected chi connectivity index (χ0v) is 16.2. The number of alkyl halides is 7. The number of hydrogen-bond donors (Lipinski definition) is 1. The first kappa shape index (κ1) is 20.3. The minimum Gasteiger partial charge on any atom is -0.388 e. The number of rotatable bonds is 5. The summed E-state index contributed by atoms with van der Waals surface area (Å²) in [5.41, 5.74) is 0.787. The lowest BCUT2D eigenvalue weighted by Crippen LogP contribution is -2.45. The van der Waals surface area contributed by atoms with Gasteiger partial charge < -0.3 is 5.11 Å². The highest BCUT2D eigenvalue weighted by molar-refractivity contribution is 6.78. The quantitative estimate of drug-likeness (QED) is 0.513. The Morgan fingerprint density at radius 2 is 1.52 bits per heavy atom. The van der Waals surface area contributed by atoms with Crippen molar-refractivity contribution in [2.45, 2.75) is 38.3 Å². The van der Waals surface area contributed by atoms with Crippen LogP contribution < -0.4 is 0 Å². The molecule has 0 radical (unpaired) electrons. The van der Waals surface area contributed by atoms with E-state index in [1.165, 1.54) is 0 Å². The van der Waals surface area contributed by atoms with E-state index in [0.717, 1.165) is 6.42 Å². The van der Waals surface area contributed by atoms with Crippen LogP contribution in [-0.2, 0) is 4.33 Å². The van der Waals surface area contributed by atoms with Gasteiger partial charge >= 0.3 is 0 Å². The molecule has 1 nitrogen and oxygen atoms in total. The summed E-state index contributed by atoms with van der Waals surface area (Å²) in [5, 5.41) is 10.2. The second-order valence-electron chi connectivity index (χ2n) is 4.54. The highest BCUT2D eigenvalue weighted by atomic mass is 35.6. The van der Waals surface area contributed by atoms with E-state index in [9.17, 15) is 5.11 Å². The molecule has 1 N–H and O–H groups in total. The molecule has 0 aliphatic rings. The predicted octanol–water partition coefficient (Wildman–Crippen LogP) is 6.69. The van der Waals surface area contributed by atoms with Gasteiger partial charge in [0.1, 0.15) is 0 Å². The number of hydrogen-bond acceptors (Lipinski definition) is 1. The highest BCUT2D eigenvalue weighted by Crippen LogP contribution is 2.61. The van der Waals surface area contributed by atoms with Gasteiger partial charge in [-0.05, 0) is 17.5 Å². The van der Waals surface area contributed by atoms with Crippen LogP contribution in [0.3, 0.4) is 0 Å². The lowest BCUT2D eigenvalue weighted by atomic mass is 9.95. The van der Waals surface area contributed by atoms with Crippen LogP contribution in [0.5, 0.6) is 0 Å². The van der Waals surface area contributed by atoms with E-state index >= 15 is 0 Å². The van der Waals surface area contributed by atoms with Crippen LogP contribution in [-0.4, -0.2) is 13.2 Å². The maximum absolute atomic E-state index is 10.2. The fraction of sp³-hybridized carbons (Fsp3) is 0.538. The topological polar surface area (TPSA) is 20.2 Å². The fourth-order valence-electron chi connectivity index (χ4n) is 1.85. The number of aliphatic hydroxyl groups is 1. The first-order valence-corrected chi connectivity index (χ1v) is 8.71. The van der Waals surface area contributed by atoms with Gasteiger partial charge in [0, 0.05) is 0 Å². The average Bonchev–Trinajstić information content (AvgIpc) is 2.37. The number of halogens is 7. The SMILES string of the molecule is CCCC(O)c1ccccc1C(Cl)(Cl)C(Cl)(Cl)C(Cl)(Cl)Cl. The van der Waals surface area contributed by atoms with Crippen LogP contribution in [0.1, 0.15) is 37.0 Å². The second kappa shape index (κ2) is 7.40. The molecule has 0 aromatic heterocycles. The summed E-state index contributed by atoms with van der Waals surface area (Å²) >= 11 is 42.2. The van der Waals surface area contributed by atoms with Gasteiger partial charge in [-0.3, -0.25) is 0 Å². The molecule has 1 atom stereocenters. The van der Waals surface area contributed by atoms with Crippen LogP contribution in [0.15, 0.2) is 24.3 Å². The summed E-state index contributed by atoms with van der Waals surface area (Å²) in [5.74, 6) is 0. The van der Waals surface area contributed by atoms with Gasteiger partial charge in [0.05, 0.1) is 6.10 Å². The molecule has 1 rings (SSSR count). The number of benzene rings is 1. The van der Waals surface area contributed by atoms with Gasteiger partial charge in [0.2, 0.25) is 8.13 Å². The number of aliphatic hydroxyl groups excluding tert-OH is 1. The smallest absolute Gasteiger partial charge is 0.226 e. The Hall–Kier alpha value is 1.21. The molecule has 1 aromatic rings. The Labute approximate surface area is 159 Å². The molecule has 120 valence electrons. The van der Waals surface area contributed by atoms with Crippen LogP contribution in [0.25, 0.3) is 0 Å². The maximum atomic E-state index is 10.2. The molecule has 0 aliphatic carbocycles. The minimum atomic E-state index is -2.14. The van der Waals surface area contributed by atoms with E-state index in [-0.39, 0.29) is 0 Å². The predicted molar refractivity (Wildman–Crippen MR) is 94.4 cm³/mol. The molecule has 0 saturated carbocycles. The standard InChI is InChI=1S/C13H13Cl7O/c1-2-5-10(21)8-6-3-4-7-9(8)11(14,15)12(16,17)13(18,19)20/h3-4,6-7,10,21H,2,5H2,1H3. The van der Waals surface area contributed by atoms with E-state index in [0.29, 0.717) is 17.5 Å². The maximum Gasteiger partial charge on any atom is 0.226 e. The summed E-state index contributed by atoms with van der Waals surface area (Å²) in [6.45, 7) is 1.94. The minimum absolute atomic E-state index is 0.297. The van der Waals surface area contributed by atoms with E-state index in [2.05, 4.69) is 0 Å². The third kappa shape index (κ3) is 4.19. The van der Waals surface area contributed by atoms with Crippen LogP contribution >= 0.6 is 81.2 Å². The van der Waals surface area contributed by atoms with E-state index < -0.39 is 18.6 Å². The van der Waals surface area contributed by atoms with Crippen molar-refractivity contribution in [2.75, 3.05) is 0 Å². The van der Waals surface area contributed by atoms with Crippen LogP contribution in [0, 0.1) is 0 Å². The highest BCUT2D eigenvalue weighted by Gasteiger charge is 2.61. The van der Waals surface area contributed by atoms with Crippen LogP contribution in [0.4, 0.5) is 0 Å². The van der Waals surface area contributed by atoms with Crippen molar-refractivity contribution in [3.8, 4) is 0 Å². The Kier molecular flexibility index (Phi) is 7.14. The van der Waals surface area contributed by atoms with E-state index in [1.807, 2.05) is 6.92 Å².